The van der Waals surface area contributed by atoms with Gasteiger partial charge in [0.25, 0.3) is 0 Å². The summed E-state index contributed by atoms with van der Waals surface area (Å²) >= 11 is 0. The molecule has 0 fully saturated rings. The van der Waals surface area contributed by atoms with Crippen molar-refractivity contribution in [2.24, 2.45) is 0 Å². The van der Waals surface area contributed by atoms with Gasteiger partial charge in [0.1, 0.15) is 62.7 Å². The van der Waals surface area contributed by atoms with Crippen molar-refractivity contribution in [2.45, 2.75) is 33.6 Å². The van der Waals surface area contributed by atoms with Gasteiger partial charge >= 0.3 is 0 Å². The molecule has 6 aromatic rings. The molecule has 0 bridgehead atoms. The fourth-order valence-corrected chi connectivity index (χ4v) is 5.44. The molecule has 4 aromatic carbocycles. The summed E-state index contributed by atoms with van der Waals surface area (Å²) in [6.07, 6.45) is 3.70. The minimum Gasteiger partial charge on any atom is -0.507 e. The zero-order chi connectivity index (χ0) is 34.6. The van der Waals surface area contributed by atoms with Gasteiger partial charge in [-0.15, -0.1) is 0 Å². The van der Waals surface area contributed by atoms with Gasteiger partial charge in [-0.25, -0.2) is 0 Å². The summed E-state index contributed by atoms with van der Waals surface area (Å²) in [4.78, 5) is 26.5. The lowest BCUT2D eigenvalue weighted by Crippen LogP contribution is -2.07. The van der Waals surface area contributed by atoms with Gasteiger partial charge in [-0.2, -0.15) is 0 Å². The van der Waals surface area contributed by atoms with Crippen LogP contribution in [0.4, 0.5) is 0 Å². The van der Waals surface area contributed by atoms with Crippen molar-refractivity contribution in [3.63, 3.8) is 0 Å². The van der Waals surface area contributed by atoms with Gasteiger partial charge in [0.2, 0.25) is 10.9 Å². The third-order valence-electron chi connectivity index (χ3n) is 8.04. The van der Waals surface area contributed by atoms with E-state index in [0.717, 1.165) is 29.8 Å². The zero-order valence-electron chi connectivity index (χ0n) is 25.9. The maximum Gasteiger partial charge on any atom is 0.204 e. The van der Waals surface area contributed by atoms with E-state index in [1.807, 2.05) is 19.9 Å². The molecule has 6 rings (SSSR count). The molecule has 0 aliphatic rings. The number of ether oxygens (including phenoxy) is 1. The van der Waals surface area contributed by atoms with Crippen molar-refractivity contribution < 1.29 is 49.3 Å². The van der Waals surface area contributed by atoms with Crippen molar-refractivity contribution >= 4 is 43.9 Å². The Labute approximate surface area is 270 Å². The summed E-state index contributed by atoms with van der Waals surface area (Å²) in [5.41, 5.74) is 0.482. The highest BCUT2D eigenvalue weighted by Gasteiger charge is 2.22. The molecule has 0 radical (unpaired) electrons. The average Bonchev–Trinajstić information content (AvgIpc) is 3.01. The van der Waals surface area contributed by atoms with Crippen LogP contribution in [0.3, 0.4) is 0 Å². The molecule has 0 saturated heterocycles. The van der Waals surface area contributed by atoms with Crippen molar-refractivity contribution in [1.82, 2.24) is 0 Å². The molecule has 12 heteroatoms. The van der Waals surface area contributed by atoms with E-state index in [-0.39, 0.29) is 86.1 Å². The van der Waals surface area contributed by atoms with E-state index in [1.54, 1.807) is 13.0 Å². The highest BCUT2D eigenvalue weighted by Crippen LogP contribution is 2.40. The topological polar surface area (TPSA) is 211 Å². The van der Waals surface area contributed by atoms with Crippen LogP contribution >= 0.6 is 0 Å². The molecule has 0 aliphatic heterocycles. The number of phenols is 7. The maximum absolute atomic E-state index is 13.3. The van der Waals surface area contributed by atoms with Crippen LogP contribution in [0.5, 0.6) is 46.0 Å². The Balaban J connectivity index is 1.35. The van der Waals surface area contributed by atoms with Crippen LogP contribution in [-0.4, -0.2) is 42.4 Å². The molecule has 2 aromatic heterocycles. The fourth-order valence-electron chi connectivity index (χ4n) is 5.44. The number of rotatable bonds is 7. The molecule has 0 atom stereocenters. The number of allylic oxidation sites excluding steroid dienone is 3. The minimum absolute atomic E-state index is 0.00596. The van der Waals surface area contributed by atoms with Crippen LogP contribution in [-0.2, 0) is 12.8 Å². The van der Waals surface area contributed by atoms with Crippen LogP contribution in [0, 0.1) is 0 Å². The van der Waals surface area contributed by atoms with Crippen molar-refractivity contribution in [3.8, 4) is 46.0 Å². The zero-order valence-corrected chi connectivity index (χ0v) is 25.9. The summed E-state index contributed by atoms with van der Waals surface area (Å²) in [6, 6.07) is 6.91. The molecule has 246 valence electrons. The van der Waals surface area contributed by atoms with Gasteiger partial charge in [-0.1, -0.05) is 17.7 Å². The number of phenolic OH excluding ortho intramolecular Hbond substituents is 7. The first kappa shape index (κ1) is 31.7. The van der Waals surface area contributed by atoms with E-state index in [9.17, 15) is 45.3 Å². The van der Waals surface area contributed by atoms with Crippen LogP contribution in [0.25, 0.3) is 43.9 Å². The molecule has 2 heterocycles. The van der Waals surface area contributed by atoms with E-state index in [4.69, 9.17) is 13.6 Å². The first-order chi connectivity index (χ1) is 22.7. The van der Waals surface area contributed by atoms with Gasteiger partial charge in [0.05, 0.1) is 10.8 Å². The Morgan fingerprint density at radius 2 is 1.06 bits per heavy atom. The molecule has 12 nitrogen and oxygen atoms in total. The smallest absolute Gasteiger partial charge is 0.204 e. The molecular formula is C36H30O12. The second-order valence-corrected chi connectivity index (χ2v) is 11.7. The summed E-state index contributed by atoms with van der Waals surface area (Å²) in [6.45, 7) is 5.46. The minimum atomic E-state index is -0.671. The molecule has 48 heavy (non-hydrogen) atoms. The molecular weight excluding hydrogens is 624 g/mol. The third-order valence-corrected chi connectivity index (χ3v) is 8.04. The summed E-state index contributed by atoms with van der Waals surface area (Å²) < 4.78 is 17.5. The Kier molecular flexibility index (Phi) is 7.79. The highest BCUT2D eigenvalue weighted by atomic mass is 16.5. The molecule has 0 amide bonds. The van der Waals surface area contributed by atoms with Gasteiger partial charge in [0.15, 0.2) is 23.0 Å². The Hall–Kier alpha value is -6.30. The molecule has 0 saturated carbocycles. The first-order valence-electron chi connectivity index (χ1n) is 14.7. The lowest BCUT2D eigenvalue weighted by Gasteiger charge is -2.15. The van der Waals surface area contributed by atoms with Gasteiger partial charge < -0.3 is 49.3 Å². The predicted molar refractivity (Wildman–Crippen MR) is 178 cm³/mol. The second kappa shape index (κ2) is 11.8. The van der Waals surface area contributed by atoms with Gasteiger partial charge in [-0.05, 0) is 51.3 Å². The van der Waals surface area contributed by atoms with Crippen molar-refractivity contribution in [2.75, 3.05) is 6.61 Å². The van der Waals surface area contributed by atoms with Crippen LogP contribution in [0.1, 0.15) is 31.9 Å². The maximum atomic E-state index is 13.3. The molecule has 0 aliphatic carbocycles. The summed E-state index contributed by atoms with van der Waals surface area (Å²) in [5.74, 6) is -3.03. The number of fused-ring (bicyclic) bond motifs is 4. The van der Waals surface area contributed by atoms with E-state index in [2.05, 4.69) is 0 Å². The van der Waals surface area contributed by atoms with E-state index >= 15 is 0 Å². The Morgan fingerprint density at radius 3 is 1.60 bits per heavy atom. The van der Waals surface area contributed by atoms with Crippen molar-refractivity contribution in [1.29, 1.82) is 0 Å². The number of aromatic hydroxyl groups is 7. The second-order valence-electron chi connectivity index (χ2n) is 11.7. The summed E-state index contributed by atoms with van der Waals surface area (Å²) in [7, 11) is 0. The van der Waals surface area contributed by atoms with Crippen LogP contribution in [0.15, 0.2) is 78.1 Å². The quantitative estimate of drug-likeness (QED) is 0.0581. The normalized spacial score (nSPS) is 11.9. The Bertz CT molecular complexity index is 2500. The first-order valence-corrected chi connectivity index (χ1v) is 14.7. The van der Waals surface area contributed by atoms with E-state index in [0.29, 0.717) is 11.1 Å². The molecule has 0 unspecified atom stereocenters. The van der Waals surface area contributed by atoms with Crippen LogP contribution < -0.4 is 15.6 Å². The van der Waals surface area contributed by atoms with Gasteiger partial charge in [-0.3, -0.25) is 9.59 Å². The number of hydrogen-bond donors (Lipinski definition) is 7. The Morgan fingerprint density at radius 1 is 0.604 bits per heavy atom. The standard InChI is InChI=1S/C36H30O12/c1-15(2)4-6-18-26(13-30-32(34(18)43)36(45)20-9-23(39)25(41)12-28(20)48-30)46-14-16(3)5-7-17-21(37)10-29-31(33(17)42)35(44)19-8-22(38)24(40)11-27(19)47-29/h4-5,8-13,37-43H,6-7,14H2,1-3H3/b16-5+. The van der Waals surface area contributed by atoms with Gasteiger partial charge in [0, 0.05) is 35.4 Å². The summed E-state index contributed by atoms with van der Waals surface area (Å²) in [5, 5.41) is 72.1. The fraction of sp³-hybridized carbons (Fsp3) is 0.167. The number of hydrogen-bond acceptors (Lipinski definition) is 12. The highest BCUT2D eigenvalue weighted by molar-refractivity contribution is 5.97. The monoisotopic (exact) mass is 654 g/mol. The largest absolute Gasteiger partial charge is 0.507 e. The SMILES string of the molecule is CC(C)=CCc1c(OC/C(C)=C/Cc2c(O)cc3oc4cc(O)c(O)cc4c(=O)c3c2O)cc2oc3cc(O)c(O)cc3c(=O)c2c1O. The predicted octanol–water partition coefficient (Wildman–Crippen LogP) is 6.22. The van der Waals surface area contributed by atoms with E-state index < -0.39 is 39.6 Å². The average molecular weight is 655 g/mol. The molecule has 0 spiro atoms. The lowest BCUT2D eigenvalue weighted by atomic mass is 10.0. The number of benzene rings is 4. The van der Waals surface area contributed by atoms with Crippen molar-refractivity contribution in [3.05, 3.63) is 91.3 Å². The van der Waals surface area contributed by atoms with E-state index in [1.165, 1.54) is 12.1 Å². The lowest BCUT2D eigenvalue weighted by molar-refractivity contribution is 0.345. The molecule has 7 N–H and O–H groups in total. The third kappa shape index (κ3) is 5.42. The van der Waals surface area contributed by atoms with Crippen LogP contribution in [0.2, 0.25) is 0 Å².